The molecule has 1 N–H and O–H groups in total. The number of ether oxygens (including phenoxy) is 2. The fourth-order valence-electron chi connectivity index (χ4n) is 3.66. The van der Waals surface area contributed by atoms with Crippen LogP contribution in [0.2, 0.25) is 0 Å². The molecule has 5 nitrogen and oxygen atoms in total. The van der Waals surface area contributed by atoms with Gasteiger partial charge in [-0.3, -0.25) is 9.69 Å². The van der Waals surface area contributed by atoms with E-state index >= 15 is 0 Å². The van der Waals surface area contributed by atoms with Crippen molar-refractivity contribution in [2.24, 2.45) is 0 Å². The lowest BCUT2D eigenvalue weighted by Crippen LogP contribution is -2.43. The number of benzene rings is 2. The lowest BCUT2D eigenvalue weighted by atomic mass is 10.1. The predicted octanol–water partition coefficient (Wildman–Crippen LogP) is 4.53. The van der Waals surface area contributed by atoms with E-state index in [0.717, 1.165) is 43.2 Å². The van der Waals surface area contributed by atoms with Crippen LogP contribution in [0.15, 0.2) is 78.2 Å². The molecule has 0 saturated carbocycles. The molecule has 1 fully saturated rings. The fraction of sp³-hybridized carbons (Fsp3) is 0.269. The van der Waals surface area contributed by atoms with Gasteiger partial charge in [0.1, 0.15) is 12.4 Å². The van der Waals surface area contributed by atoms with Crippen molar-refractivity contribution in [1.82, 2.24) is 10.2 Å². The van der Waals surface area contributed by atoms with Crippen LogP contribution < -0.4 is 10.1 Å². The van der Waals surface area contributed by atoms with Gasteiger partial charge in [-0.25, -0.2) is 0 Å². The maximum absolute atomic E-state index is 12.5. The van der Waals surface area contributed by atoms with Gasteiger partial charge in [0.2, 0.25) is 5.91 Å². The molecule has 1 aromatic heterocycles. The molecule has 166 valence electrons. The Morgan fingerprint density at radius 2 is 1.94 bits per heavy atom. The van der Waals surface area contributed by atoms with E-state index in [9.17, 15) is 4.79 Å². The largest absolute Gasteiger partial charge is 0.489 e. The van der Waals surface area contributed by atoms with Crippen LogP contribution in [0, 0.1) is 0 Å². The van der Waals surface area contributed by atoms with Crippen LogP contribution in [-0.4, -0.2) is 43.7 Å². The van der Waals surface area contributed by atoms with Gasteiger partial charge in [0.25, 0.3) is 0 Å². The van der Waals surface area contributed by atoms with Crippen molar-refractivity contribution in [2.45, 2.75) is 12.6 Å². The molecule has 4 rings (SSSR count). The number of amides is 1. The number of hydrogen-bond acceptors (Lipinski definition) is 5. The van der Waals surface area contributed by atoms with E-state index < -0.39 is 0 Å². The van der Waals surface area contributed by atoms with Crippen molar-refractivity contribution in [3.8, 4) is 5.75 Å². The second kappa shape index (κ2) is 11.6. The summed E-state index contributed by atoms with van der Waals surface area (Å²) in [5, 5.41) is 5.15. The van der Waals surface area contributed by atoms with Crippen LogP contribution in [0.5, 0.6) is 5.75 Å². The molecule has 0 radical (unpaired) electrons. The summed E-state index contributed by atoms with van der Waals surface area (Å²) in [4.78, 5) is 16.1. The summed E-state index contributed by atoms with van der Waals surface area (Å²) in [6, 6.07) is 22.2. The normalized spacial score (nSPS) is 15.5. The molecule has 32 heavy (non-hydrogen) atoms. The van der Waals surface area contributed by atoms with Crippen LogP contribution in [-0.2, 0) is 16.1 Å². The van der Waals surface area contributed by atoms with Gasteiger partial charge < -0.3 is 14.8 Å². The average molecular weight is 449 g/mol. The summed E-state index contributed by atoms with van der Waals surface area (Å²) in [7, 11) is 0. The van der Waals surface area contributed by atoms with E-state index in [0.29, 0.717) is 13.2 Å². The number of carbonyl (C=O) groups excluding carboxylic acids is 1. The van der Waals surface area contributed by atoms with Crippen molar-refractivity contribution in [3.63, 3.8) is 0 Å². The van der Waals surface area contributed by atoms with Gasteiger partial charge in [0, 0.05) is 30.6 Å². The minimum Gasteiger partial charge on any atom is -0.489 e. The van der Waals surface area contributed by atoms with E-state index in [1.54, 1.807) is 17.4 Å². The molecule has 0 spiro atoms. The predicted molar refractivity (Wildman–Crippen MR) is 129 cm³/mol. The highest BCUT2D eigenvalue weighted by molar-refractivity contribution is 7.10. The summed E-state index contributed by atoms with van der Waals surface area (Å²) in [6.45, 7) is 4.31. The third-order valence-electron chi connectivity index (χ3n) is 5.36. The maximum atomic E-state index is 12.5. The highest BCUT2D eigenvalue weighted by Crippen LogP contribution is 2.25. The first-order valence-electron chi connectivity index (χ1n) is 10.9. The molecule has 1 unspecified atom stereocenters. The van der Waals surface area contributed by atoms with Gasteiger partial charge in [-0.2, -0.15) is 0 Å². The zero-order valence-electron chi connectivity index (χ0n) is 18.0. The summed E-state index contributed by atoms with van der Waals surface area (Å²) < 4.78 is 11.4. The minimum atomic E-state index is -0.101. The topological polar surface area (TPSA) is 50.8 Å². The molecule has 1 amide bonds. The average Bonchev–Trinajstić information content (AvgIpc) is 3.38. The Hall–Kier alpha value is -2.93. The third kappa shape index (κ3) is 6.53. The van der Waals surface area contributed by atoms with Crippen LogP contribution in [0.1, 0.15) is 22.0 Å². The molecule has 1 aliphatic rings. The molecule has 0 aliphatic carbocycles. The van der Waals surface area contributed by atoms with E-state index in [2.05, 4.69) is 27.7 Å². The number of morpholine rings is 1. The number of carbonyl (C=O) groups is 1. The van der Waals surface area contributed by atoms with Crippen molar-refractivity contribution >= 4 is 23.3 Å². The number of hydrogen-bond donors (Lipinski definition) is 1. The van der Waals surface area contributed by atoms with E-state index in [4.69, 9.17) is 9.47 Å². The van der Waals surface area contributed by atoms with E-state index in [1.165, 1.54) is 4.88 Å². The number of nitrogens with one attached hydrogen (secondary N) is 1. The summed E-state index contributed by atoms with van der Waals surface area (Å²) in [5.74, 6) is 0.678. The standard InChI is InChI=1S/C26H28N2O3S/c29-26(27-19-24(25-10-5-17-32-25)28-13-15-30-16-14-28)12-11-21-8-4-9-23(18-21)31-20-22-6-2-1-3-7-22/h1-12,17-18,24H,13-16,19-20H2,(H,27,29). The molecule has 6 heteroatoms. The lowest BCUT2D eigenvalue weighted by Gasteiger charge is -2.34. The lowest BCUT2D eigenvalue weighted by molar-refractivity contribution is -0.116. The van der Waals surface area contributed by atoms with Gasteiger partial charge in [0.05, 0.1) is 19.3 Å². The van der Waals surface area contributed by atoms with Crippen LogP contribution in [0.25, 0.3) is 6.08 Å². The fourth-order valence-corrected chi connectivity index (χ4v) is 4.52. The summed E-state index contributed by atoms with van der Waals surface area (Å²) >= 11 is 1.73. The second-order valence-corrected chi connectivity index (χ2v) is 8.58. The van der Waals surface area contributed by atoms with Crippen molar-refractivity contribution in [1.29, 1.82) is 0 Å². The van der Waals surface area contributed by atoms with Crippen LogP contribution >= 0.6 is 11.3 Å². The zero-order valence-corrected chi connectivity index (χ0v) is 18.8. The van der Waals surface area contributed by atoms with Gasteiger partial charge in [-0.1, -0.05) is 48.5 Å². The number of nitrogens with zero attached hydrogens (tertiary/aromatic N) is 1. The zero-order chi connectivity index (χ0) is 22.0. The Bertz CT molecular complexity index is 999. The summed E-state index contributed by atoms with van der Waals surface area (Å²) in [5.41, 5.74) is 2.04. The smallest absolute Gasteiger partial charge is 0.244 e. The van der Waals surface area contributed by atoms with Crippen LogP contribution in [0.4, 0.5) is 0 Å². The molecule has 2 aromatic carbocycles. The Morgan fingerprint density at radius 1 is 1.09 bits per heavy atom. The molecule has 0 bridgehead atoms. The monoisotopic (exact) mass is 448 g/mol. The Balaban J connectivity index is 1.31. The van der Waals surface area contributed by atoms with Crippen molar-refractivity contribution in [2.75, 3.05) is 32.8 Å². The first-order valence-corrected chi connectivity index (χ1v) is 11.7. The van der Waals surface area contributed by atoms with Gasteiger partial charge >= 0.3 is 0 Å². The quantitative estimate of drug-likeness (QED) is 0.489. The molecule has 1 atom stereocenters. The SMILES string of the molecule is O=C(C=Cc1cccc(OCc2ccccc2)c1)NCC(c1cccs1)N1CCOCC1. The number of thiophene rings is 1. The van der Waals surface area contributed by atoms with Crippen molar-refractivity contribution < 1.29 is 14.3 Å². The molecular weight excluding hydrogens is 420 g/mol. The molecule has 1 saturated heterocycles. The van der Waals surface area contributed by atoms with Gasteiger partial charge in [0.15, 0.2) is 0 Å². The first kappa shape index (κ1) is 22.3. The molecular formula is C26H28N2O3S. The second-order valence-electron chi connectivity index (χ2n) is 7.60. The third-order valence-corrected chi connectivity index (χ3v) is 6.33. The van der Waals surface area contributed by atoms with Gasteiger partial charge in [-0.15, -0.1) is 11.3 Å². The highest BCUT2D eigenvalue weighted by atomic mass is 32.1. The summed E-state index contributed by atoms with van der Waals surface area (Å²) in [6.07, 6.45) is 3.40. The molecule has 2 heterocycles. The Labute approximate surface area is 193 Å². The van der Waals surface area contributed by atoms with Crippen molar-refractivity contribution in [3.05, 3.63) is 94.2 Å². The molecule has 1 aliphatic heterocycles. The van der Waals surface area contributed by atoms with Crippen LogP contribution in [0.3, 0.4) is 0 Å². The minimum absolute atomic E-state index is 0.101. The number of rotatable bonds is 9. The Morgan fingerprint density at radius 3 is 2.72 bits per heavy atom. The highest BCUT2D eigenvalue weighted by Gasteiger charge is 2.23. The van der Waals surface area contributed by atoms with E-state index in [-0.39, 0.29) is 11.9 Å². The first-order chi connectivity index (χ1) is 15.8. The van der Waals surface area contributed by atoms with E-state index in [1.807, 2.05) is 60.7 Å². The Kier molecular flexibility index (Phi) is 8.09. The van der Waals surface area contributed by atoms with Gasteiger partial charge in [-0.05, 0) is 40.8 Å². The molecule has 3 aromatic rings. The maximum Gasteiger partial charge on any atom is 0.244 e.